The topological polar surface area (TPSA) is 3.24 Å². The molecule has 1 nitrogen and oxygen atoms in total. The molecule has 0 fully saturated rings. The maximum atomic E-state index is 3.97. The summed E-state index contributed by atoms with van der Waals surface area (Å²) in [6.07, 6.45) is 0. The number of hydrogen-bond donors (Lipinski definition) is 0. The summed E-state index contributed by atoms with van der Waals surface area (Å²) in [6, 6.07) is 0. The Morgan fingerprint density at radius 2 is 1.31 bits per heavy atom. The minimum atomic E-state index is -1.20. The van der Waals surface area contributed by atoms with Gasteiger partial charge in [-0.05, 0) is 13.8 Å². The van der Waals surface area contributed by atoms with Crippen molar-refractivity contribution in [2.24, 2.45) is 0 Å². The van der Waals surface area contributed by atoms with Gasteiger partial charge in [0.15, 0.2) is 0 Å². The highest BCUT2D eigenvalue weighted by Crippen LogP contribution is 2.12. The zero-order chi connectivity index (χ0) is 10.6. The standard InChI is InChI=1S/C11H23NSi/c1-10(2)8-12(9-11(3)4)13(5,6)7/h1,3,8-9H2,2,4-7H3. The van der Waals surface area contributed by atoms with Crippen LogP contribution in [-0.4, -0.2) is 25.9 Å². The van der Waals surface area contributed by atoms with Crippen LogP contribution in [-0.2, 0) is 0 Å². The van der Waals surface area contributed by atoms with Crippen molar-refractivity contribution >= 4 is 8.24 Å². The third-order valence-corrected chi connectivity index (χ3v) is 4.08. The Balaban J connectivity index is 4.37. The fraction of sp³-hybridized carbons (Fsp3) is 0.636. The molecule has 0 bridgehead atoms. The zero-order valence-corrected chi connectivity index (χ0v) is 10.8. The van der Waals surface area contributed by atoms with Gasteiger partial charge < -0.3 is 4.57 Å². The summed E-state index contributed by atoms with van der Waals surface area (Å²) < 4.78 is 2.53. The molecule has 13 heavy (non-hydrogen) atoms. The van der Waals surface area contributed by atoms with Crippen LogP contribution in [0.25, 0.3) is 0 Å². The molecule has 0 aliphatic heterocycles. The maximum absolute atomic E-state index is 3.97. The number of rotatable bonds is 5. The third kappa shape index (κ3) is 5.83. The van der Waals surface area contributed by atoms with Crippen LogP contribution >= 0.6 is 0 Å². The normalized spacial score (nSPS) is 11.8. The van der Waals surface area contributed by atoms with E-state index < -0.39 is 8.24 Å². The van der Waals surface area contributed by atoms with Crippen molar-refractivity contribution in [3.63, 3.8) is 0 Å². The molecule has 0 aliphatic rings. The quantitative estimate of drug-likeness (QED) is 0.483. The van der Waals surface area contributed by atoms with Crippen LogP contribution in [0.15, 0.2) is 24.3 Å². The molecule has 0 heterocycles. The lowest BCUT2D eigenvalue weighted by atomic mass is 10.3. The minimum absolute atomic E-state index is 1.02. The Morgan fingerprint density at radius 1 is 1.00 bits per heavy atom. The smallest absolute Gasteiger partial charge is 0.119 e. The van der Waals surface area contributed by atoms with E-state index in [0.29, 0.717) is 0 Å². The van der Waals surface area contributed by atoms with E-state index in [1.54, 1.807) is 0 Å². The molecule has 0 saturated carbocycles. The Bertz CT molecular complexity index is 185. The van der Waals surface area contributed by atoms with Gasteiger partial charge in [-0.2, -0.15) is 0 Å². The second kappa shape index (κ2) is 4.77. The van der Waals surface area contributed by atoms with Gasteiger partial charge in [-0.1, -0.05) is 43.9 Å². The summed E-state index contributed by atoms with van der Waals surface area (Å²) in [4.78, 5) is 0. The fourth-order valence-corrected chi connectivity index (χ4v) is 2.67. The predicted molar refractivity (Wildman–Crippen MR) is 64.5 cm³/mol. The Kier molecular flexibility index (Phi) is 4.65. The van der Waals surface area contributed by atoms with Crippen molar-refractivity contribution < 1.29 is 0 Å². The van der Waals surface area contributed by atoms with E-state index in [9.17, 15) is 0 Å². The van der Waals surface area contributed by atoms with Crippen LogP contribution in [0.1, 0.15) is 13.8 Å². The van der Waals surface area contributed by atoms with Crippen molar-refractivity contribution in [2.75, 3.05) is 13.1 Å². The maximum Gasteiger partial charge on any atom is 0.119 e. The lowest BCUT2D eigenvalue weighted by Gasteiger charge is -2.34. The first-order valence-corrected chi connectivity index (χ1v) is 8.22. The Hall–Kier alpha value is -0.343. The highest BCUT2D eigenvalue weighted by molar-refractivity contribution is 6.73. The molecule has 0 unspecified atom stereocenters. The molecule has 0 radical (unpaired) electrons. The van der Waals surface area contributed by atoms with Crippen LogP contribution < -0.4 is 0 Å². The van der Waals surface area contributed by atoms with Gasteiger partial charge in [0, 0.05) is 13.1 Å². The molecule has 0 spiro atoms. The van der Waals surface area contributed by atoms with Gasteiger partial charge in [0.25, 0.3) is 0 Å². The summed E-state index contributed by atoms with van der Waals surface area (Å²) in [5.41, 5.74) is 2.48. The van der Waals surface area contributed by atoms with Crippen molar-refractivity contribution in [1.82, 2.24) is 4.57 Å². The summed E-state index contributed by atoms with van der Waals surface area (Å²) in [6.45, 7) is 21.2. The van der Waals surface area contributed by atoms with E-state index in [-0.39, 0.29) is 0 Å². The second-order valence-electron chi connectivity index (χ2n) is 4.94. The summed E-state index contributed by atoms with van der Waals surface area (Å²) in [5, 5.41) is 0. The van der Waals surface area contributed by atoms with Crippen LogP contribution in [0.3, 0.4) is 0 Å². The molecule has 0 rings (SSSR count). The van der Waals surface area contributed by atoms with Crippen molar-refractivity contribution in [3.05, 3.63) is 24.3 Å². The highest BCUT2D eigenvalue weighted by Gasteiger charge is 2.22. The Morgan fingerprint density at radius 3 is 1.46 bits per heavy atom. The van der Waals surface area contributed by atoms with E-state index in [4.69, 9.17) is 0 Å². The summed E-state index contributed by atoms with van der Waals surface area (Å²) >= 11 is 0. The molecule has 0 amide bonds. The second-order valence-corrected chi connectivity index (χ2v) is 9.92. The Labute approximate surface area is 84.2 Å². The van der Waals surface area contributed by atoms with Gasteiger partial charge in [0.1, 0.15) is 8.24 Å². The summed E-state index contributed by atoms with van der Waals surface area (Å²) in [7, 11) is -1.20. The van der Waals surface area contributed by atoms with E-state index in [1.807, 2.05) is 0 Å². The van der Waals surface area contributed by atoms with E-state index in [1.165, 1.54) is 11.1 Å². The van der Waals surface area contributed by atoms with Crippen molar-refractivity contribution in [3.8, 4) is 0 Å². The van der Waals surface area contributed by atoms with Crippen LogP contribution in [0.5, 0.6) is 0 Å². The third-order valence-electron chi connectivity index (χ3n) is 1.87. The van der Waals surface area contributed by atoms with Gasteiger partial charge in [-0.15, -0.1) is 0 Å². The van der Waals surface area contributed by atoms with E-state index >= 15 is 0 Å². The molecule has 0 saturated heterocycles. The van der Waals surface area contributed by atoms with Crippen molar-refractivity contribution in [1.29, 1.82) is 0 Å². The van der Waals surface area contributed by atoms with Crippen LogP contribution in [0, 0.1) is 0 Å². The molecule has 0 aliphatic carbocycles. The average Bonchev–Trinajstić information content (AvgIpc) is 1.81. The molecule has 0 N–H and O–H groups in total. The molecule has 0 aromatic heterocycles. The molecule has 0 aromatic rings. The number of hydrogen-bond acceptors (Lipinski definition) is 1. The lowest BCUT2D eigenvalue weighted by Crippen LogP contribution is -2.47. The fourth-order valence-electron chi connectivity index (χ4n) is 1.18. The zero-order valence-electron chi connectivity index (χ0n) is 9.78. The molecule has 76 valence electrons. The first-order valence-electron chi connectivity index (χ1n) is 4.77. The first-order chi connectivity index (χ1) is 5.73. The monoisotopic (exact) mass is 197 g/mol. The largest absolute Gasteiger partial charge is 0.317 e. The average molecular weight is 197 g/mol. The lowest BCUT2D eigenvalue weighted by molar-refractivity contribution is 0.494. The molecule has 0 atom stereocenters. The SMILES string of the molecule is C=C(C)CN(CC(=C)C)[Si](C)(C)C. The van der Waals surface area contributed by atoms with Gasteiger partial charge in [0.05, 0.1) is 0 Å². The molecular formula is C11H23NSi. The minimum Gasteiger partial charge on any atom is -0.317 e. The van der Waals surface area contributed by atoms with Gasteiger partial charge in [-0.25, -0.2) is 0 Å². The van der Waals surface area contributed by atoms with Crippen LogP contribution in [0.4, 0.5) is 0 Å². The number of nitrogens with zero attached hydrogens (tertiary/aromatic N) is 1. The van der Waals surface area contributed by atoms with E-state index in [2.05, 4.69) is 51.2 Å². The van der Waals surface area contributed by atoms with Gasteiger partial charge in [0.2, 0.25) is 0 Å². The summed E-state index contributed by atoms with van der Waals surface area (Å²) in [5.74, 6) is 0. The molecule has 2 heteroatoms. The van der Waals surface area contributed by atoms with Gasteiger partial charge >= 0.3 is 0 Å². The first kappa shape index (κ1) is 12.7. The van der Waals surface area contributed by atoms with Crippen LogP contribution in [0.2, 0.25) is 19.6 Å². The molecule has 0 aromatic carbocycles. The predicted octanol–water partition coefficient (Wildman–Crippen LogP) is 3.28. The van der Waals surface area contributed by atoms with Gasteiger partial charge in [-0.3, -0.25) is 0 Å². The molecular weight excluding hydrogens is 174 g/mol. The highest BCUT2D eigenvalue weighted by atomic mass is 28.3. The van der Waals surface area contributed by atoms with Crippen molar-refractivity contribution in [2.45, 2.75) is 33.5 Å². The van der Waals surface area contributed by atoms with E-state index in [0.717, 1.165) is 13.1 Å².